The van der Waals surface area contributed by atoms with Gasteiger partial charge >= 0.3 is 0 Å². The van der Waals surface area contributed by atoms with E-state index in [4.69, 9.17) is 4.74 Å². The van der Waals surface area contributed by atoms with Crippen LogP contribution in [0.2, 0.25) is 0 Å². The molecule has 26 heavy (non-hydrogen) atoms. The minimum absolute atomic E-state index is 0.387. The largest absolute Gasteiger partial charge is 0.486 e. The molecule has 0 saturated heterocycles. The monoisotopic (exact) mass is 387 g/mol. The quantitative estimate of drug-likeness (QED) is 0.587. The first kappa shape index (κ1) is 19.0. The highest BCUT2D eigenvalue weighted by atomic mass is 32.1. The molecule has 138 valence electrons. The normalized spacial score (nSPS) is 12.5. The van der Waals surface area contributed by atoms with Crippen molar-refractivity contribution in [2.45, 2.75) is 26.1 Å². The van der Waals surface area contributed by atoms with Crippen molar-refractivity contribution in [2.75, 3.05) is 20.6 Å². The van der Waals surface area contributed by atoms with Gasteiger partial charge < -0.3 is 15.0 Å². The Hall–Kier alpha value is -1.73. The Morgan fingerprint density at radius 1 is 1.15 bits per heavy atom. The fourth-order valence-corrected chi connectivity index (χ4v) is 4.26. The van der Waals surface area contributed by atoms with Gasteiger partial charge in [0, 0.05) is 23.3 Å². The van der Waals surface area contributed by atoms with E-state index in [0.717, 1.165) is 29.5 Å². The van der Waals surface area contributed by atoms with Gasteiger partial charge in [-0.1, -0.05) is 23.8 Å². The lowest BCUT2D eigenvalue weighted by molar-refractivity contribution is 0.292. The molecule has 2 heterocycles. The molecule has 3 rings (SSSR count). The third-order valence-electron chi connectivity index (χ3n) is 4.12. The molecule has 4 nitrogen and oxygen atoms in total. The van der Waals surface area contributed by atoms with E-state index < -0.39 is 0 Å². The summed E-state index contributed by atoms with van der Waals surface area (Å²) in [5, 5.41) is 8.78. The van der Waals surface area contributed by atoms with Crippen LogP contribution in [-0.4, -0.2) is 30.5 Å². The number of nitrogens with zero attached hydrogens (tertiary/aromatic N) is 2. The van der Waals surface area contributed by atoms with Crippen molar-refractivity contribution in [3.8, 4) is 5.75 Å². The zero-order chi connectivity index (χ0) is 18.4. The maximum Gasteiger partial charge on any atom is 0.140 e. The van der Waals surface area contributed by atoms with Crippen LogP contribution in [0.4, 0.5) is 0 Å². The number of thiazole rings is 1. The number of benzene rings is 1. The first-order valence-electron chi connectivity index (χ1n) is 8.65. The fourth-order valence-electron chi connectivity index (χ4n) is 2.63. The predicted octanol–water partition coefficient (Wildman–Crippen LogP) is 4.48. The highest BCUT2D eigenvalue weighted by Gasteiger charge is 2.14. The molecule has 0 fully saturated rings. The Morgan fingerprint density at radius 3 is 2.65 bits per heavy atom. The van der Waals surface area contributed by atoms with Crippen molar-refractivity contribution in [1.82, 2.24) is 15.2 Å². The Kier molecular flexibility index (Phi) is 6.80. The molecule has 0 aliphatic carbocycles. The van der Waals surface area contributed by atoms with E-state index in [-0.39, 0.29) is 0 Å². The van der Waals surface area contributed by atoms with Crippen molar-refractivity contribution >= 4 is 22.7 Å². The number of hydrogen-bond acceptors (Lipinski definition) is 6. The van der Waals surface area contributed by atoms with Crippen LogP contribution < -0.4 is 10.1 Å². The van der Waals surface area contributed by atoms with Crippen LogP contribution in [0.3, 0.4) is 0 Å². The minimum atomic E-state index is 0.387. The summed E-state index contributed by atoms with van der Waals surface area (Å²) in [4.78, 5) is 8.30. The highest BCUT2D eigenvalue weighted by molar-refractivity contribution is 7.10. The number of ether oxygens (including phenoxy) is 1. The van der Waals surface area contributed by atoms with Gasteiger partial charge in [-0.05, 0) is 44.6 Å². The molecule has 0 aliphatic heterocycles. The van der Waals surface area contributed by atoms with Gasteiger partial charge in [-0.3, -0.25) is 0 Å². The second-order valence-electron chi connectivity index (χ2n) is 6.46. The molecule has 1 aromatic carbocycles. The van der Waals surface area contributed by atoms with Crippen LogP contribution in [0.1, 0.15) is 27.2 Å². The van der Waals surface area contributed by atoms with Crippen LogP contribution in [0, 0.1) is 6.92 Å². The summed E-state index contributed by atoms with van der Waals surface area (Å²) in [5.41, 5.74) is 2.31. The van der Waals surface area contributed by atoms with Gasteiger partial charge in [0.05, 0.1) is 11.7 Å². The molecule has 0 amide bonds. The van der Waals surface area contributed by atoms with E-state index in [2.05, 4.69) is 71.2 Å². The Morgan fingerprint density at radius 2 is 1.96 bits per heavy atom. The lowest BCUT2D eigenvalue weighted by atomic mass is 10.2. The second-order valence-corrected chi connectivity index (χ2v) is 8.38. The second kappa shape index (κ2) is 9.28. The smallest absolute Gasteiger partial charge is 0.140 e. The molecule has 2 aromatic heterocycles. The molecule has 0 bridgehead atoms. The SMILES string of the molecule is Cc1ccc(OCc2nc(CNCC(c3cccs3)N(C)C)cs2)cc1. The molecule has 3 aromatic rings. The Labute approximate surface area is 163 Å². The third kappa shape index (κ3) is 5.38. The number of aryl methyl sites for hydroxylation is 1. The molecular formula is C20H25N3OS2. The predicted molar refractivity (Wildman–Crippen MR) is 110 cm³/mol. The average Bonchev–Trinajstić information content (AvgIpc) is 3.30. The molecule has 1 atom stereocenters. The number of aromatic nitrogens is 1. The maximum atomic E-state index is 5.81. The Bertz CT molecular complexity index is 782. The molecule has 0 aliphatic rings. The van der Waals surface area contributed by atoms with Crippen LogP contribution in [-0.2, 0) is 13.2 Å². The van der Waals surface area contributed by atoms with Gasteiger partial charge in [0.1, 0.15) is 17.4 Å². The molecule has 0 spiro atoms. The highest BCUT2D eigenvalue weighted by Crippen LogP contribution is 2.22. The molecule has 1 N–H and O–H groups in total. The number of nitrogens with one attached hydrogen (secondary N) is 1. The number of likely N-dealkylation sites (N-methyl/N-ethyl adjacent to an activating group) is 1. The topological polar surface area (TPSA) is 37.4 Å². The maximum absolute atomic E-state index is 5.81. The number of rotatable bonds is 9. The fraction of sp³-hybridized carbons (Fsp3) is 0.350. The van der Waals surface area contributed by atoms with E-state index in [1.165, 1.54) is 10.4 Å². The summed E-state index contributed by atoms with van der Waals surface area (Å²) in [5.74, 6) is 0.884. The zero-order valence-corrected chi connectivity index (χ0v) is 17.1. The number of hydrogen-bond donors (Lipinski definition) is 1. The van der Waals surface area contributed by atoms with Crippen molar-refractivity contribution in [3.05, 3.63) is 68.3 Å². The first-order valence-corrected chi connectivity index (χ1v) is 10.4. The van der Waals surface area contributed by atoms with Crippen molar-refractivity contribution < 1.29 is 4.74 Å². The average molecular weight is 388 g/mol. The summed E-state index contributed by atoms with van der Waals surface area (Å²) in [6, 6.07) is 12.8. The summed E-state index contributed by atoms with van der Waals surface area (Å²) in [6.45, 7) is 4.27. The van der Waals surface area contributed by atoms with E-state index in [0.29, 0.717) is 12.6 Å². The van der Waals surface area contributed by atoms with Gasteiger partial charge in [-0.15, -0.1) is 22.7 Å². The van der Waals surface area contributed by atoms with E-state index in [9.17, 15) is 0 Å². The zero-order valence-electron chi connectivity index (χ0n) is 15.4. The van der Waals surface area contributed by atoms with Crippen molar-refractivity contribution in [1.29, 1.82) is 0 Å². The van der Waals surface area contributed by atoms with E-state index in [1.807, 2.05) is 12.1 Å². The molecular weight excluding hydrogens is 362 g/mol. The summed E-state index contributed by atoms with van der Waals surface area (Å²) in [6.07, 6.45) is 0. The first-order chi connectivity index (χ1) is 12.6. The van der Waals surface area contributed by atoms with Gasteiger partial charge in [0.2, 0.25) is 0 Å². The standard InChI is InChI=1S/C20H25N3OS2/c1-15-6-8-17(9-7-15)24-13-20-22-16(14-26-20)11-21-12-18(23(2)3)19-5-4-10-25-19/h4-10,14,18,21H,11-13H2,1-3H3. The third-order valence-corrected chi connectivity index (χ3v) is 5.97. The summed E-state index contributed by atoms with van der Waals surface area (Å²) < 4.78 is 5.81. The summed E-state index contributed by atoms with van der Waals surface area (Å²) in [7, 11) is 4.24. The lowest BCUT2D eigenvalue weighted by Gasteiger charge is -2.23. The van der Waals surface area contributed by atoms with Crippen molar-refractivity contribution in [2.24, 2.45) is 0 Å². The molecule has 0 radical (unpaired) electrons. The van der Waals surface area contributed by atoms with Gasteiger partial charge in [-0.25, -0.2) is 4.98 Å². The lowest BCUT2D eigenvalue weighted by Crippen LogP contribution is -2.30. The Balaban J connectivity index is 1.46. The van der Waals surface area contributed by atoms with Crippen molar-refractivity contribution in [3.63, 3.8) is 0 Å². The molecule has 1 unspecified atom stereocenters. The summed E-state index contributed by atoms with van der Waals surface area (Å²) >= 11 is 3.45. The van der Waals surface area contributed by atoms with E-state index in [1.54, 1.807) is 22.7 Å². The van der Waals surface area contributed by atoms with E-state index >= 15 is 0 Å². The van der Waals surface area contributed by atoms with Gasteiger partial charge in [0.15, 0.2) is 0 Å². The minimum Gasteiger partial charge on any atom is -0.486 e. The van der Waals surface area contributed by atoms with Gasteiger partial charge in [-0.2, -0.15) is 0 Å². The van der Waals surface area contributed by atoms with Crippen LogP contribution in [0.15, 0.2) is 47.2 Å². The van der Waals surface area contributed by atoms with Crippen LogP contribution in [0.5, 0.6) is 5.75 Å². The van der Waals surface area contributed by atoms with Crippen LogP contribution >= 0.6 is 22.7 Å². The number of thiophene rings is 1. The van der Waals surface area contributed by atoms with Crippen LogP contribution in [0.25, 0.3) is 0 Å². The molecule has 6 heteroatoms. The van der Waals surface area contributed by atoms with Gasteiger partial charge in [0.25, 0.3) is 0 Å². The molecule has 0 saturated carbocycles.